The minimum atomic E-state index is -0.132. The Morgan fingerprint density at radius 2 is 1.92 bits per heavy atom. The molecule has 9 heteroatoms. The molecule has 0 aromatic heterocycles. The number of allylic oxidation sites excluding steroid dienone is 1. The predicted octanol–water partition coefficient (Wildman–Crippen LogP) is 4.08. The minimum Gasteiger partial charge on any atom is -0.494 e. The van der Waals surface area contributed by atoms with Gasteiger partial charge in [-0.15, -0.1) is 17.0 Å². The topological polar surface area (TPSA) is 95.0 Å². The van der Waals surface area contributed by atoms with E-state index < -0.39 is 0 Å². The van der Waals surface area contributed by atoms with Crippen LogP contribution in [0.25, 0.3) is 5.57 Å². The molecule has 1 amide bonds. The number of methoxy groups -OCH3 is 1. The van der Waals surface area contributed by atoms with Gasteiger partial charge in [0.05, 0.1) is 32.4 Å². The second-order valence-electron chi connectivity index (χ2n) is 8.78. The van der Waals surface area contributed by atoms with Crippen LogP contribution in [0, 0.1) is 5.41 Å². The Bertz CT molecular complexity index is 1190. The number of amidine groups is 1. The summed E-state index contributed by atoms with van der Waals surface area (Å²) in [6, 6.07) is 7.33. The lowest BCUT2D eigenvalue weighted by molar-refractivity contribution is -0.119. The lowest BCUT2D eigenvalue weighted by atomic mass is 9.99. The van der Waals surface area contributed by atoms with E-state index in [-0.39, 0.29) is 47.5 Å². The van der Waals surface area contributed by atoms with Crippen molar-refractivity contribution < 1.29 is 19.1 Å². The highest BCUT2D eigenvalue weighted by Gasteiger charge is 2.29. The minimum absolute atomic E-state index is 0. The molecule has 3 rings (SSSR count). The number of benzene rings is 2. The molecule has 0 aliphatic carbocycles. The van der Waals surface area contributed by atoms with Crippen molar-refractivity contribution in [3.8, 4) is 11.5 Å². The molecule has 36 heavy (non-hydrogen) atoms. The van der Waals surface area contributed by atoms with Gasteiger partial charge >= 0.3 is 0 Å². The van der Waals surface area contributed by atoms with E-state index in [0.717, 1.165) is 28.0 Å². The maximum atomic E-state index is 13.4. The molecule has 2 aromatic rings. The Balaban J connectivity index is 0.00000456. The number of anilines is 1. The van der Waals surface area contributed by atoms with Gasteiger partial charge in [-0.25, -0.2) is 0 Å². The molecule has 1 aliphatic rings. The van der Waals surface area contributed by atoms with Crippen LogP contribution in [0.1, 0.15) is 46.5 Å². The molecule has 194 valence electrons. The van der Waals surface area contributed by atoms with Gasteiger partial charge in [-0.05, 0) is 49.2 Å². The van der Waals surface area contributed by atoms with Crippen LogP contribution >= 0.6 is 17.0 Å². The van der Waals surface area contributed by atoms with Gasteiger partial charge in [0.25, 0.3) is 0 Å². The van der Waals surface area contributed by atoms with E-state index in [9.17, 15) is 9.59 Å². The molecule has 2 aromatic carbocycles. The third kappa shape index (κ3) is 5.90. The van der Waals surface area contributed by atoms with Gasteiger partial charge in [0, 0.05) is 49.9 Å². The molecule has 1 aliphatic heterocycles. The number of hydrogen-bond acceptors (Lipinski definition) is 6. The number of nitrogens with zero attached hydrogens (tertiary/aromatic N) is 2. The molecule has 0 unspecified atom stereocenters. The maximum absolute atomic E-state index is 13.4. The molecule has 0 fully saturated rings. The van der Waals surface area contributed by atoms with Crippen molar-refractivity contribution in [1.82, 2.24) is 10.2 Å². The fourth-order valence-electron chi connectivity index (χ4n) is 4.20. The first-order valence-corrected chi connectivity index (χ1v) is 11.5. The fraction of sp³-hybridized carbons (Fsp3) is 0.370. The summed E-state index contributed by atoms with van der Waals surface area (Å²) in [6.07, 6.45) is 0.161. The normalized spacial score (nSPS) is 11.9. The van der Waals surface area contributed by atoms with E-state index in [1.807, 2.05) is 51.0 Å². The second kappa shape index (κ2) is 12.1. The van der Waals surface area contributed by atoms with Gasteiger partial charge in [0.1, 0.15) is 17.3 Å². The number of ether oxygens (including phenoxy) is 2. The molecule has 0 saturated heterocycles. The molecule has 0 bridgehead atoms. The number of likely N-dealkylation sites (N-methyl/N-ethyl adjacent to an activating group) is 1. The van der Waals surface area contributed by atoms with E-state index >= 15 is 0 Å². The van der Waals surface area contributed by atoms with Crippen LogP contribution in [0.3, 0.4) is 0 Å². The zero-order chi connectivity index (χ0) is 25.9. The van der Waals surface area contributed by atoms with Crippen LogP contribution in [0.15, 0.2) is 30.8 Å². The summed E-state index contributed by atoms with van der Waals surface area (Å²) in [4.78, 5) is 29.0. The number of ketones is 1. The number of carbonyl (C=O) groups is 2. The highest BCUT2D eigenvalue weighted by Crippen LogP contribution is 2.37. The van der Waals surface area contributed by atoms with Gasteiger partial charge in [-0.2, -0.15) is 0 Å². The molecule has 0 radical (unpaired) electrons. The third-order valence-electron chi connectivity index (χ3n) is 6.02. The van der Waals surface area contributed by atoms with Crippen LogP contribution in [-0.2, 0) is 17.8 Å². The maximum Gasteiger partial charge on any atom is 0.224 e. The van der Waals surface area contributed by atoms with Crippen molar-refractivity contribution in [1.29, 1.82) is 5.41 Å². The molecular weight excluding hydrogens is 524 g/mol. The Morgan fingerprint density at radius 3 is 2.47 bits per heavy atom. The summed E-state index contributed by atoms with van der Waals surface area (Å²) < 4.78 is 11.4. The van der Waals surface area contributed by atoms with Crippen LogP contribution in [0.5, 0.6) is 11.5 Å². The number of rotatable bonds is 10. The highest BCUT2D eigenvalue weighted by atomic mass is 79.9. The van der Waals surface area contributed by atoms with Crippen molar-refractivity contribution in [3.05, 3.63) is 58.7 Å². The molecule has 0 saturated carbocycles. The average Bonchev–Trinajstić information content (AvgIpc) is 3.12. The first-order chi connectivity index (χ1) is 16.6. The van der Waals surface area contributed by atoms with Gasteiger partial charge in [-0.1, -0.05) is 6.58 Å². The Labute approximate surface area is 223 Å². The fourth-order valence-corrected chi connectivity index (χ4v) is 4.20. The number of halogens is 1. The van der Waals surface area contributed by atoms with E-state index in [1.54, 1.807) is 25.1 Å². The summed E-state index contributed by atoms with van der Waals surface area (Å²) in [5.41, 5.74) is 5.24. The van der Waals surface area contributed by atoms with Crippen LogP contribution in [-0.4, -0.2) is 63.8 Å². The lowest BCUT2D eigenvalue weighted by Gasteiger charge is -2.22. The Kier molecular flexibility index (Phi) is 9.69. The predicted molar refractivity (Wildman–Crippen MR) is 149 cm³/mol. The van der Waals surface area contributed by atoms with Gasteiger partial charge < -0.3 is 24.6 Å². The highest BCUT2D eigenvalue weighted by molar-refractivity contribution is 8.93. The SMILES string of the molecule is Br.C=C(C)c1cc(C(=O)CN2Cc3cc(OCC)c(CC(=O)NC)cc3C2=N)cc(N(C)C)c1OC. The molecule has 8 nitrogen and oxygen atoms in total. The quantitative estimate of drug-likeness (QED) is 0.426. The third-order valence-corrected chi connectivity index (χ3v) is 6.02. The number of Topliss-reactive ketones (excluding diaryl/α,β-unsaturated/α-hetero) is 1. The number of fused-ring (bicyclic) bond motifs is 1. The number of carbonyl (C=O) groups excluding carboxylic acids is 2. The van der Waals surface area contributed by atoms with Crippen LogP contribution < -0.4 is 19.7 Å². The molecule has 2 N–H and O–H groups in total. The first kappa shape index (κ1) is 28.9. The van der Waals surface area contributed by atoms with E-state index in [0.29, 0.717) is 35.8 Å². The monoisotopic (exact) mass is 558 g/mol. The number of amides is 1. The summed E-state index contributed by atoms with van der Waals surface area (Å²) >= 11 is 0. The molecule has 1 heterocycles. The number of hydrogen-bond donors (Lipinski definition) is 2. The zero-order valence-corrected chi connectivity index (χ0v) is 23.5. The standard InChI is InChI=1S/C27H34N4O4.BrH/c1-8-35-24-12-19-14-31(27(28)21(19)10-18(24)13-25(33)29-4)15-23(32)17-9-20(16(2)3)26(34-7)22(11-17)30(5)6;/h9-12,28H,2,8,13-15H2,1,3-7H3,(H,29,33);1H. The van der Waals surface area contributed by atoms with Crippen molar-refractivity contribution in [2.45, 2.75) is 26.8 Å². The number of nitrogens with one attached hydrogen (secondary N) is 2. The lowest BCUT2D eigenvalue weighted by Crippen LogP contribution is -2.30. The second-order valence-corrected chi connectivity index (χ2v) is 8.78. The van der Waals surface area contributed by atoms with Crippen molar-refractivity contribution in [2.75, 3.05) is 46.3 Å². The zero-order valence-electron chi connectivity index (χ0n) is 21.8. The van der Waals surface area contributed by atoms with Gasteiger partial charge in [0.2, 0.25) is 5.91 Å². The largest absolute Gasteiger partial charge is 0.494 e. The molecule has 0 spiro atoms. The summed E-state index contributed by atoms with van der Waals surface area (Å²) in [7, 11) is 6.99. The van der Waals surface area contributed by atoms with Crippen molar-refractivity contribution in [2.24, 2.45) is 0 Å². The average molecular weight is 560 g/mol. The van der Waals surface area contributed by atoms with E-state index in [1.165, 1.54) is 0 Å². The van der Waals surface area contributed by atoms with Crippen LogP contribution in [0.4, 0.5) is 5.69 Å². The summed E-state index contributed by atoms with van der Waals surface area (Å²) in [5.74, 6) is 1.33. The summed E-state index contributed by atoms with van der Waals surface area (Å²) in [5, 5.41) is 11.3. The van der Waals surface area contributed by atoms with Crippen LogP contribution in [0.2, 0.25) is 0 Å². The summed E-state index contributed by atoms with van der Waals surface area (Å²) in [6.45, 7) is 8.75. The molecular formula is C27H35BrN4O4. The smallest absolute Gasteiger partial charge is 0.224 e. The Hall–Kier alpha value is -3.33. The first-order valence-electron chi connectivity index (χ1n) is 11.5. The van der Waals surface area contributed by atoms with E-state index in [2.05, 4.69) is 11.9 Å². The Morgan fingerprint density at radius 1 is 1.22 bits per heavy atom. The van der Waals surface area contributed by atoms with E-state index in [4.69, 9.17) is 14.9 Å². The molecule has 0 atom stereocenters. The van der Waals surface area contributed by atoms with Crippen molar-refractivity contribution >= 4 is 45.8 Å². The van der Waals surface area contributed by atoms with Crippen molar-refractivity contribution in [3.63, 3.8) is 0 Å². The van der Waals surface area contributed by atoms with Gasteiger partial charge in [-0.3, -0.25) is 15.0 Å². The van der Waals surface area contributed by atoms with Gasteiger partial charge in [0.15, 0.2) is 5.78 Å².